The molecule has 0 fully saturated rings. The number of rotatable bonds is 8. The van der Waals surface area contributed by atoms with E-state index in [-0.39, 0.29) is 23.0 Å². The number of aryl methyl sites for hydroxylation is 2. The Morgan fingerprint density at radius 1 is 1.11 bits per heavy atom. The Hall–Kier alpha value is -3.24. The summed E-state index contributed by atoms with van der Waals surface area (Å²) in [6, 6.07) is 0. The van der Waals surface area contributed by atoms with E-state index >= 15 is 0 Å². The van der Waals surface area contributed by atoms with Crippen LogP contribution in [0.2, 0.25) is 0 Å². The summed E-state index contributed by atoms with van der Waals surface area (Å²) < 4.78 is 2.80. The van der Waals surface area contributed by atoms with Gasteiger partial charge in [0.1, 0.15) is 6.20 Å². The van der Waals surface area contributed by atoms with Crippen LogP contribution in [0.25, 0.3) is 0 Å². The van der Waals surface area contributed by atoms with E-state index in [1.54, 1.807) is 6.92 Å². The minimum atomic E-state index is -0.775. The van der Waals surface area contributed by atoms with Gasteiger partial charge in [0.15, 0.2) is 5.69 Å². The van der Waals surface area contributed by atoms with E-state index in [0.717, 1.165) is 0 Å². The molecule has 2 N–H and O–H groups in total. The van der Waals surface area contributed by atoms with Gasteiger partial charge < -0.3 is 10.6 Å². The number of hydrogen-bond donors (Lipinski definition) is 2. The molecule has 0 saturated carbocycles. The molecule has 11 nitrogen and oxygen atoms in total. The third-order valence-electron chi connectivity index (χ3n) is 3.70. The zero-order valence-electron chi connectivity index (χ0n) is 15.7. The van der Waals surface area contributed by atoms with Gasteiger partial charge in [-0.3, -0.25) is 29.1 Å². The summed E-state index contributed by atoms with van der Waals surface area (Å²) in [5, 5.41) is 24.5. The summed E-state index contributed by atoms with van der Waals surface area (Å²) in [6.07, 6.45) is 2.70. The molecule has 2 aromatic rings. The number of carbonyl (C=O) groups is 2. The first-order chi connectivity index (χ1) is 12.8. The van der Waals surface area contributed by atoms with E-state index in [1.165, 1.54) is 21.8 Å². The van der Waals surface area contributed by atoms with Crippen molar-refractivity contribution in [1.29, 1.82) is 0 Å². The molecular formula is C16H23N7O4. The van der Waals surface area contributed by atoms with Crippen LogP contribution < -0.4 is 10.6 Å². The van der Waals surface area contributed by atoms with E-state index < -0.39 is 22.4 Å². The van der Waals surface area contributed by atoms with E-state index in [2.05, 4.69) is 20.8 Å². The molecule has 2 amide bonds. The molecule has 0 aliphatic rings. The molecular weight excluding hydrogens is 354 g/mol. The van der Waals surface area contributed by atoms with Gasteiger partial charge in [0.2, 0.25) is 5.69 Å². The van der Waals surface area contributed by atoms with Crippen LogP contribution in [0.3, 0.4) is 0 Å². The smallest absolute Gasteiger partial charge is 0.320 e. The second kappa shape index (κ2) is 8.43. The quantitative estimate of drug-likeness (QED) is 0.530. The lowest BCUT2D eigenvalue weighted by Gasteiger charge is -2.07. The minimum absolute atomic E-state index is 0.0448. The van der Waals surface area contributed by atoms with Crippen molar-refractivity contribution in [1.82, 2.24) is 24.9 Å². The fourth-order valence-electron chi connectivity index (χ4n) is 2.27. The fourth-order valence-corrected chi connectivity index (χ4v) is 2.27. The lowest BCUT2D eigenvalue weighted by atomic mass is 10.2. The van der Waals surface area contributed by atoms with Crippen LogP contribution in [0, 0.1) is 16.0 Å². The summed E-state index contributed by atoms with van der Waals surface area (Å²) >= 11 is 0. The Kier molecular flexibility index (Phi) is 6.27. The zero-order chi connectivity index (χ0) is 20.1. The second-order valence-corrected chi connectivity index (χ2v) is 6.28. The monoisotopic (exact) mass is 377 g/mol. The lowest BCUT2D eigenvalue weighted by Crippen LogP contribution is -2.29. The summed E-state index contributed by atoms with van der Waals surface area (Å²) in [7, 11) is 0. The fraction of sp³-hybridized carbons (Fsp3) is 0.500. The number of carbonyl (C=O) groups excluding carboxylic acids is 2. The third kappa shape index (κ3) is 4.68. The molecule has 2 aromatic heterocycles. The maximum atomic E-state index is 12.5. The van der Waals surface area contributed by atoms with Crippen LogP contribution in [0.4, 0.5) is 11.4 Å². The highest BCUT2D eigenvalue weighted by atomic mass is 16.6. The molecule has 2 heterocycles. The second-order valence-electron chi connectivity index (χ2n) is 6.28. The number of nitrogens with zero attached hydrogens (tertiary/aromatic N) is 5. The van der Waals surface area contributed by atoms with E-state index in [0.29, 0.717) is 19.6 Å². The summed E-state index contributed by atoms with van der Waals surface area (Å²) in [5.41, 5.74) is -0.505. The molecule has 0 radical (unpaired) electrons. The van der Waals surface area contributed by atoms with Crippen molar-refractivity contribution in [3.63, 3.8) is 0 Å². The Morgan fingerprint density at radius 3 is 2.26 bits per heavy atom. The van der Waals surface area contributed by atoms with E-state index in [1.807, 2.05) is 20.8 Å². The van der Waals surface area contributed by atoms with Gasteiger partial charge in [-0.25, -0.2) is 0 Å². The molecule has 0 saturated heterocycles. The van der Waals surface area contributed by atoms with Gasteiger partial charge in [-0.15, -0.1) is 0 Å². The first-order valence-corrected chi connectivity index (χ1v) is 8.65. The largest absolute Gasteiger partial charge is 0.350 e. The maximum absolute atomic E-state index is 12.5. The number of nitrogens with one attached hydrogen (secondary N) is 2. The van der Waals surface area contributed by atoms with Crippen molar-refractivity contribution < 1.29 is 14.5 Å². The topological polar surface area (TPSA) is 137 Å². The first-order valence-electron chi connectivity index (χ1n) is 8.65. The zero-order valence-corrected chi connectivity index (χ0v) is 15.7. The van der Waals surface area contributed by atoms with Crippen molar-refractivity contribution in [2.75, 3.05) is 11.9 Å². The number of aromatic nitrogens is 4. The molecule has 0 unspecified atom stereocenters. The highest BCUT2D eigenvalue weighted by Crippen LogP contribution is 2.20. The average molecular weight is 377 g/mol. The minimum Gasteiger partial charge on any atom is -0.350 e. The van der Waals surface area contributed by atoms with Crippen LogP contribution in [-0.2, 0) is 13.1 Å². The number of anilines is 1. The molecule has 0 aliphatic heterocycles. The molecule has 2 rings (SSSR count). The van der Waals surface area contributed by atoms with Gasteiger partial charge in [0.25, 0.3) is 11.8 Å². The Labute approximate surface area is 155 Å². The highest BCUT2D eigenvalue weighted by molar-refractivity contribution is 6.09. The number of hydrogen-bond acceptors (Lipinski definition) is 6. The van der Waals surface area contributed by atoms with Crippen molar-refractivity contribution in [3.05, 3.63) is 33.9 Å². The molecule has 0 aliphatic carbocycles. The van der Waals surface area contributed by atoms with Crippen LogP contribution in [0.1, 0.15) is 48.7 Å². The molecule has 11 heteroatoms. The molecule has 0 atom stereocenters. The number of nitro groups is 1. The van der Waals surface area contributed by atoms with Crippen LogP contribution in [-0.4, -0.2) is 42.8 Å². The predicted octanol–water partition coefficient (Wildman–Crippen LogP) is 1.67. The molecule has 0 aromatic carbocycles. The first kappa shape index (κ1) is 20.1. The Balaban J connectivity index is 2.30. The van der Waals surface area contributed by atoms with Crippen LogP contribution in [0.5, 0.6) is 0 Å². The Bertz CT molecular complexity index is 853. The third-order valence-corrected chi connectivity index (χ3v) is 3.70. The highest BCUT2D eigenvalue weighted by Gasteiger charge is 2.27. The SMILES string of the molecule is CCn1cc(NC(=O)c2nn(CC)cc2[N+](=O)[O-])c(C(=O)NCC(C)C)n1. The van der Waals surface area contributed by atoms with Gasteiger partial charge in [-0.1, -0.05) is 13.8 Å². The summed E-state index contributed by atoms with van der Waals surface area (Å²) in [5.74, 6) is -0.955. The van der Waals surface area contributed by atoms with E-state index in [4.69, 9.17) is 0 Å². The maximum Gasteiger partial charge on any atom is 0.320 e. The lowest BCUT2D eigenvalue weighted by molar-refractivity contribution is -0.385. The normalized spacial score (nSPS) is 10.9. The van der Waals surface area contributed by atoms with Gasteiger partial charge >= 0.3 is 5.69 Å². The summed E-state index contributed by atoms with van der Waals surface area (Å²) in [4.78, 5) is 35.4. The van der Waals surface area contributed by atoms with E-state index in [9.17, 15) is 19.7 Å². The molecule has 27 heavy (non-hydrogen) atoms. The summed E-state index contributed by atoms with van der Waals surface area (Å²) in [6.45, 7) is 8.82. The standard InChI is InChI=1S/C16H23N7O4/c1-5-21-8-11(13(19-21)15(24)17-7-10(3)4)18-16(25)14-12(23(26)27)9-22(6-2)20-14/h8-10H,5-7H2,1-4H3,(H,17,24)(H,18,25). The van der Waals surface area contributed by atoms with Crippen molar-refractivity contribution in [2.24, 2.45) is 5.92 Å². The van der Waals surface area contributed by atoms with Gasteiger partial charge in [0.05, 0.1) is 10.6 Å². The van der Waals surface area contributed by atoms with Gasteiger partial charge in [0, 0.05) is 25.8 Å². The molecule has 0 spiro atoms. The van der Waals surface area contributed by atoms with Crippen molar-refractivity contribution >= 4 is 23.2 Å². The predicted molar refractivity (Wildman–Crippen MR) is 97.6 cm³/mol. The Morgan fingerprint density at radius 2 is 1.70 bits per heavy atom. The molecule has 146 valence electrons. The van der Waals surface area contributed by atoms with Crippen LogP contribution in [0.15, 0.2) is 12.4 Å². The van der Waals surface area contributed by atoms with Gasteiger partial charge in [-0.05, 0) is 19.8 Å². The molecule has 0 bridgehead atoms. The number of amides is 2. The van der Waals surface area contributed by atoms with Crippen molar-refractivity contribution in [3.8, 4) is 0 Å². The average Bonchev–Trinajstić information content (AvgIpc) is 3.23. The van der Waals surface area contributed by atoms with Crippen molar-refractivity contribution in [2.45, 2.75) is 40.8 Å². The van der Waals surface area contributed by atoms with Crippen LogP contribution >= 0.6 is 0 Å². The van der Waals surface area contributed by atoms with Gasteiger partial charge in [-0.2, -0.15) is 10.2 Å².